The van der Waals surface area contributed by atoms with Gasteiger partial charge in [0.05, 0.1) is 6.04 Å². The highest BCUT2D eigenvalue weighted by Crippen LogP contribution is 2.33. The monoisotopic (exact) mass is 417 g/mol. The summed E-state index contributed by atoms with van der Waals surface area (Å²) in [7, 11) is 0. The van der Waals surface area contributed by atoms with Crippen molar-refractivity contribution in [2.24, 2.45) is 0 Å². The fourth-order valence-corrected chi connectivity index (χ4v) is 3.59. The molecule has 23 heavy (non-hydrogen) atoms. The molecular formula is C18H16IN3O. The summed E-state index contributed by atoms with van der Waals surface area (Å²) in [4.78, 5) is 19.3. The van der Waals surface area contributed by atoms with Crippen LogP contribution in [0.15, 0.2) is 54.9 Å². The van der Waals surface area contributed by atoms with E-state index in [1.165, 1.54) is 9.13 Å². The maximum Gasteiger partial charge on any atom is 0.274 e. The molecule has 1 saturated heterocycles. The summed E-state index contributed by atoms with van der Waals surface area (Å²) in [5.41, 5.74) is 2.54. The van der Waals surface area contributed by atoms with Gasteiger partial charge in [0.15, 0.2) is 0 Å². The van der Waals surface area contributed by atoms with Crippen LogP contribution in [0.3, 0.4) is 0 Å². The van der Waals surface area contributed by atoms with Gasteiger partial charge in [0, 0.05) is 22.5 Å². The summed E-state index contributed by atoms with van der Waals surface area (Å²) in [6.07, 6.45) is 5.79. The standard InChI is InChI=1S/C18H16IN3O/c19-14-8-6-13(7-9-14)16-4-3-11-22(16)18(23)15-12-21-10-2-1-5-17(21)20-15/h1-2,5-10,12,16H,3-4,11H2/t16-/m0/s1. The third-order valence-corrected chi connectivity index (χ3v) is 5.07. The van der Waals surface area contributed by atoms with Crippen LogP contribution in [0.2, 0.25) is 0 Å². The van der Waals surface area contributed by atoms with Gasteiger partial charge in [-0.1, -0.05) is 18.2 Å². The number of benzene rings is 1. The molecule has 1 aromatic carbocycles. The summed E-state index contributed by atoms with van der Waals surface area (Å²) < 4.78 is 3.10. The Labute approximate surface area is 148 Å². The SMILES string of the molecule is O=C(c1cn2ccccc2n1)N1CCC[C@H]1c1ccc(I)cc1. The van der Waals surface area contributed by atoms with Gasteiger partial charge < -0.3 is 9.30 Å². The smallest absolute Gasteiger partial charge is 0.274 e. The van der Waals surface area contributed by atoms with E-state index in [0.717, 1.165) is 25.0 Å². The topological polar surface area (TPSA) is 37.6 Å². The summed E-state index contributed by atoms with van der Waals surface area (Å²) in [6.45, 7) is 0.795. The number of carbonyl (C=O) groups excluding carboxylic acids is 1. The molecule has 2 aromatic heterocycles. The number of imidazole rings is 1. The molecule has 3 aromatic rings. The number of rotatable bonds is 2. The van der Waals surface area contributed by atoms with Crippen LogP contribution in [0.25, 0.3) is 5.65 Å². The van der Waals surface area contributed by atoms with Gasteiger partial charge in [-0.25, -0.2) is 4.98 Å². The molecule has 0 N–H and O–H groups in total. The minimum Gasteiger partial charge on any atom is -0.330 e. The van der Waals surface area contributed by atoms with Crippen LogP contribution < -0.4 is 0 Å². The van der Waals surface area contributed by atoms with Crippen molar-refractivity contribution in [2.45, 2.75) is 18.9 Å². The Hall–Kier alpha value is -1.89. The number of pyridine rings is 1. The van der Waals surface area contributed by atoms with E-state index in [2.05, 4.69) is 51.8 Å². The average Bonchev–Trinajstić information content (AvgIpc) is 3.21. The van der Waals surface area contributed by atoms with E-state index in [9.17, 15) is 4.79 Å². The van der Waals surface area contributed by atoms with Crippen LogP contribution >= 0.6 is 22.6 Å². The van der Waals surface area contributed by atoms with E-state index >= 15 is 0 Å². The molecule has 5 heteroatoms. The molecule has 3 heterocycles. The molecule has 0 saturated carbocycles. The van der Waals surface area contributed by atoms with Gasteiger partial charge in [0.25, 0.3) is 5.91 Å². The van der Waals surface area contributed by atoms with Gasteiger partial charge in [-0.2, -0.15) is 0 Å². The van der Waals surface area contributed by atoms with Crippen molar-refractivity contribution >= 4 is 34.1 Å². The fraction of sp³-hybridized carbons (Fsp3) is 0.222. The molecular weight excluding hydrogens is 401 g/mol. The van der Waals surface area contributed by atoms with Crippen LogP contribution in [-0.2, 0) is 0 Å². The Kier molecular flexibility index (Phi) is 3.80. The van der Waals surface area contributed by atoms with Crippen molar-refractivity contribution in [3.8, 4) is 0 Å². The molecule has 0 unspecified atom stereocenters. The molecule has 116 valence electrons. The molecule has 1 atom stereocenters. The summed E-state index contributed by atoms with van der Waals surface area (Å²) in [5.74, 6) is 0.0229. The van der Waals surface area contributed by atoms with Crippen molar-refractivity contribution < 1.29 is 4.79 Å². The molecule has 4 rings (SSSR count). The number of fused-ring (bicyclic) bond motifs is 1. The molecule has 1 fully saturated rings. The van der Waals surface area contributed by atoms with Gasteiger partial charge in [0.2, 0.25) is 0 Å². The lowest BCUT2D eigenvalue weighted by Crippen LogP contribution is -2.30. The van der Waals surface area contributed by atoms with Crippen LogP contribution in [0, 0.1) is 3.57 Å². The maximum absolute atomic E-state index is 12.9. The van der Waals surface area contributed by atoms with Crippen LogP contribution in [0.5, 0.6) is 0 Å². The normalized spacial score (nSPS) is 17.8. The third-order valence-electron chi connectivity index (χ3n) is 4.35. The fourth-order valence-electron chi connectivity index (χ4n) is 3.23. The summed E-state index contributed by atoms with van der Waals surface area (Å²) in [5, 5.41) is 0. The van der Waals surface area contributed by atoms with E-state index < -0.39 is 0 Å². The second-order valence-corrected chi connectivity index (χ2v) is 7.05. The molecule has 1 amide bonds. The van der Waals surface area contributed by atoms with Crippen LogP contribution in [0.4, 0.5) is 0 Å². The zero-order valence-corrected chi connectivity index (χ0v) is 14.7. The first-order valence-corrected chi connectivity index (χ1v) is 8.80. The lowest BCUT2D eigenvalue weighted by Gasteiger charge is -2.24. The number of carbonyl (C=O) groups is 1. The van der Waals surface area contributed by atoms with E-state index in [0.29, 0.717) is 5.69 Å². The van der Waals surface area contributed by atoms with Crippen molar-refractivity contribution in [1.29, 1.82) is 0 Å². The van der Waals surface area contributed by atoms with Crippen molar-refractivity contribution in [3.05, 3.63) is 69.7 Å². The highest BCUT2D eigenvalue weighted by molar-refractivity contribution is 14.1. The Morgan fingerprint density at radius 3 is 2.78 bits per heavy atom. The Morgan fingerprint density at radius 2 is 2.00 bits per heavy atom. The second kappa shape index (κ2) is 5.96. The molecule has 4 nitrogen and oxygen atoms in total. The van der Waals surface area contributed by atoms with Gasteiger partial charge >= 0.3 is 0 Å². The largest absolute Gasteiger partial charge is 0.330 e. The summed E-state index contributed by atoms with van der Waals surface area (Å²) >= 11 is 2.30. The van der Waals surface area contributed by atoms with Gasteiger partial charge in [-0.05, 0) is 65.3 Å². The van der Waals surface area contributed by atoms with Crippen molar-refractivity contribution in [2.75, 3.05) is 6.54 Å². The number of nitrogens with zero attached hydrogens (tertiary/aromatic N) is 3. The van der Waals surface area contributed by atoms with E-state index in [1.807, 2.05) is 39.9 Å². The van der Waals surface area contributed by atoms with Crippen LogP contribution in [-0.4, -0.2) is 26.7 Å². The predicted octanol–water partition coefficient (Wildman–Crippen LogP) is 3.92. The molecule has 1 aliphatic heterocycles. The first kappa shape index (κ1) is 14.7. The number of aromatic nitrogens is 2. The van der Waals surface area contributed by atoms with Gasteiger partial charge in [-0.15, -0.1) is 0 Å². The lowest BCUT2D eigenvalue weighted by atomic mass is 10.0. The van der Waals surface area contributed by atoms with Gasteiger partial charge in [0.1, 0.15) is 11.3 Å². The van der Waals surface area contributed by atoms with Crippen LogP contribution in [0.1, 0.15) is 34.9 Å². The molecule has 0 radical (unpaired) electrons. The first-order valence-electron chi connectivity index (χ1n) is 7.72. The zero-order valence-electron chi connectivity index (χ0n) is 12.5. The number of hydrogen-bond donors (Lipinski definition) is 0. The number of likely N-dealkylation sites (tertiary alicyclic amines) is 1. The number of amides is 1. The molecule has 0 aliphatic carbocycles. The Morgan fingerprint density at radius 1 is 1.17 bits per heavy atom. The van der Waals surface area contributed by atoms with E-state index in [-0.39, 0.29) is 11.9 Å². The molecule has 1 aliphatic rings. The number of hydrogen-bond acceptors (Lipinski definition) is 2. The first-order chi connectivity index (χ1) is 11.2. The third kappa shape index (κ3) is 2.73. The molecule has 0 spiro atoms. The highest BCUT2D eigenvalue weighted by Gasteiger charge is 2.31. The number of halogens is 1. The average molecular weight is 417 g/mol. The van der Waals surface area contributed by atoms with E-state index in [1.54, 1.807) is 0 Å². The lowest BCUT2D eigenvalue weighted by molar-refractivity contribution is 0.0730. The summed E-state index contributed by atoms with van der Waals surface area (Å²) in [6, 6.07) is 14.4. The van der Waals surface area contributed by atoms with Gasteiger partial charge in [-0.3, -0.25) is 4.79 Å². The minimum absolute atomic E-state index is 0.0229. The van der Waals surface area contributed by atoms with Crippen molar-refractivity contribution in [3.63, 3.8) is 0 Å². The Bertz CT molecular complexity index is 823. The minimum atomic E-state index is 0.0229. The second-order valence-electron chi connectivity index (χ2n) is 5.80. The zero-order chi connectivity index (χ0) is 15.8. The predicted molar refractivity (Wildman–Crippen MR) is 97.4 cm³/mol. The quantitative estimate of drug-likeness (QED) is 0.593. The highest BCUT2D eigenvalue weighted by atomic mass is 127. The molecule has 0 bridgehead atoms. The van der Waals surface area contributed by atoms with Crippen molar-refractivity contribution in [1.82, 2.24) is 14.3 Å². The van der Waals surface area contributed by atoms with E-state index in [4.69, 9.17) is 0 Å². The maximum atomic E-state index is 12.9. The Balaban J connectivity index is 1.65.